The van der Waals surface area contributed by atoms with Crippen LogP contribution in [0.15, 0.2) is 17.1 Å². The van der Waals surface area contributed by atoms with Crippen LogP contribution in [0, 0.1) is 17.8 Å². The zero-order valence-corrected chi connectivity index (χ0v) is 17.5. The van der Waals surface area contributed by atoms with Crippen LogP contribution in [0.5, 0.6) is 0 Å². The highest BCUT2D eigenvalue weighted by atomic mass is 35.5. The minimum atomic E-state index is -0.268. The summed E-state index contributed by atoms with van der Waals surface area (Å²) in [5, 5.41) is 15.8. The summed E-state index contributed by atoms with van der Waals surface area (Å²) in [5.74, 6) is 1.75. The number of nitrogens with zero attached hydrogens (tertiary/aromatic N) is 2. The molecule has 1 fully saturated rings. The van der Waals surface area contributed by atoms with Gasteiger partial charge in [0.05, 0.1) is 5.56 Å². The Kier molecular flexibility index (Phi) is 6.14. The second-order valence-corrected chi connectivity index (χ2v) is 7.88. The van der Waals surface area contributed by atoms with Gasteiger partial charge in [-0.25, -0.2) is 4.98 Å². The first-order valence-corrected chi connectivity index (χ1v) is 9.87. The second kappa shape index (κ2) is 8.42. The van der Waals surface area contributed by atoms with E-state index in [-0.39, 0.29) is 41.5 Å². The molecule has 1 saturated carbocycles. The molecule has 0 spiro atoms. The summed E-state index contributed by atoms with van der Waals surface area (Å²) in [7, 11) is 0. The maximum atomic E-state index is 11.5. The maximum absolute atomic E-state index is 11.5. The topological polar surface area (TPSA) is 126 Å². The van der Waals surface area contributed by atoms with Crippen molar-refractivity contribution in [3.8, 4) is 11.3 Å². The molecule has 4 atom stereocenters. The lowest BCUT2D eigenvalue weighted by molar-refractivity contribution is -0.114. The number of hydrogen-bond donors (Lipinski definition) is 4. The summed E-state index contributed by atoms with van der Waals surface area (Å²) in [5.41, 5.74) is 6.89. The summed E-state index contributed by atoms with van der Waals surface area (Å²) in [4.78, 5) is 19.9. The summed E-state index contributed by atoms with van der Waals surface area (Å²) in [6, 6.07) is 1.79. The number of rotatable bonds is 6. The average molecular weight is 420 g/mol. The van der Waals surface area contributed by atoms with Gasteiger partial charge in [0.1, 0.15) is 16.7 Å². The van der Waals surface area contributed by atoms with E-state index in [1.54, 1.807) is 12.1 Å². The van der Waals surface area contributed by atoms with Gasteiger partial charge in [0.25, 0.3) is 0 Å². The van der Waals surface area contributed by atoms with E-state index in [4.69, 9.17) is 21.8 Å². The predicted octanol–water partition coefficient (Wildman–Crippen LogP) is 3.64. The first-order valence-electron chi connectivity index (χ1n) is 9.49. The van der Waals surface area contributed by atoms with E-state index >= 15 is 0 Å². The molecular formula is C20H26ClN5O3. The molecule has 0 saturated heterocycles. The van der Waals surface area contributed by atoms with Crippen LogP contribution >= 0.6 is 11.6 Å². The van der Waals surface area contributed by atoms with Crippen LogP contribution in [0.1, 0.15) is 32.8 Å². The van der Waals surface area contributed by atoms with E-state index in [1.807, 2.05) is 0 Å². The van der Waals surface area contributed by atoms with Gasteiger partial charge in [0.2, 0.25) is 17.7 Å². The van der Waals surface area contributed by atoms with Crippen molar-refractivity contribution in [1.29, 1.82) is 0 Å². The quantitative estimate of drug-likeness (QED) is 0.526. The largest absolute Gasteiger partial charge is 0.439 e. The van der Waals surface area contributed by atoms with Crippen molar-refractivity contribution in [1.82, 2.24) is 9.97 Å². The molecular weight excluding hydrogens is 394 g/mol. The zero-order valence-electron chi connectivity index (χ0n) is 16.7. The Labute approximate surface area is 174 Å². The minimum absolute atomic E-state index is 0.0382. The number of halogens is 1. The summed E-state index contributed by atoms with van der Waals surface area (Å²) < 4.78 is 5.83. The molecule has 1 amide bonds. The molecule has 1 aliphatic carbocycles. The lowest BCUT2D eigenvalue weighted by atomic mass is 9.92. The molecule has 0 radical (unpaired) electrons. The third-order valence-corrected chi connectivity index (χ3v) is 5.99. The number of aliphatic hydroxyl groups is 1. The van der Waals surface area contributed by atoms with Crippen molar-refractivity contribution in [2.24, 2.45) is 17.8 Å². The number of amides is 1. The predicted molar refractivity (Wildman–Crippen MR) is 114 cm³/mol. The molecule has 156 valence electrons. The number of carbonyl (C=O) groups excluding carboxylic acids is 1. The maximum Gasteiger partial charge on any atom is 0.223 e. The van der Waals surface area contributed by atoms with E-state index in [2.05, 4.69) is 41.0 Å². The molecule has 2 heterocycles. The van der Waals surface area contributed by atoms with E-state index in [0.29, 0.717) is 34.5 Å². The standard InChI is InChI=1S/C20H26ClN5O3/c1-5-12-7-15(29-19(12)23-11(4)28)16-17(21)25-20(22)26-18(16)24-14-6-13(8-27)9(2)10(14)3/h5,7,9-10,13-14,27H,1,6,8H2,2-4H3,(H,23,28)(H3,22,24,25,26). The monoisotopic (exact) mass is 419 g/mol. The van der Waals surface area contributed by atoms with E-state index in [9.17, 15) is 9.90 Å². The smallest absolute Gasteiger partial charge is 0.223 e. The fourth-order valence-electron chi connectivity index (χ4n) is 3.87. The molecule has 3 rings (SSSR count). The van der Waals surface area contributed by atoms with Gasteiger partial charge in [-0.3, -0.25) is 10.1 Å². The Balaban J connectivity index is 2.02. The molecule has 0 bridgehead atoms. The number of anilines is 3. The Morgan fingerprint density at radius 1 is 1.45 bits per heavy atom. The Morgan fingerprint density at radius 2 is 2.17 bits per heavy atom. The van der Waals surface area contributed by atoms with Crippen molar-refractivity contribution < 1.29 is 14.3 Å². The fourth-order valence-corrected chi connectivity index (χ4v) is 4.14. The molecule has 29 heavy (non-hydrogen) atoms. The van der Waals surface area contributed by atoms with Crippen LogP contribution in [0.2, 0.25) is 5.15 Å². The van der Waals surface area contributed by atoms with Crippen LogP contribution in [0.4, 0.5) is 17.7 Å². The van der Waals surface area contributed by atoms with Gasteiger partial charge in [0.15, 0.2) is 0 Å². The molecule has 2 aromatic heterocycles. The number of nitrogens with two attached hydrogens (primary N) is 1. The van der Waals surface area contributed by atoms with Crippen molar-refractivity contribution >= 4 is 41.2 Å². The molecule has 0 aromatic carbocycles. The summed E-state index contributed by atoms with van der Waals surface area (Å²) in [6.45, 7) is 9.56. The molecule has 9 heteroatoms. The van der Waals surface area contributed by atoms with Gasteiger partial charge >= 0.3 is 0 Å². The highest BCUT2D eigenvalue weighted by Crippen LogP contribution is 2.42. The highest BCUT2D eigenvalue weighted by Gasteiger charge is 2.38. The molecule has 8 nitrogen and oxygen atoms in total. The lowest BCUT2D eigenvalue weighted by Gasteiger charge is -2.22. The van der Waals surface area contributed by atoms with Crippen molar-refractivity contribution in [2.45, 2.75) is 33.2 Å². The van der Waals surface area contributed by atoms with E-state index in [1.165, 1.54) is 6.92 Å². The van der Waals surface area contributed by atoms with Gasteiger partial charge in [0, 0.05) is 25.1 Å². The summed E-state index contributed by atoms with van der Waals surface area (Å²) >= 11 is 6.40. The number of nitrogen functional groups attached to an aromatic ring is 1. The molecule has 1 aliphatic rings. The normalized spacial score (nSPS) is 23.8. The summed E-state index contributed by atoms with van der Waals surface area (Å²) in [6.07, 6.45) is 2.37. The number of aromatic nitrogens is 2. The Morgan fingerprint density at radius 3 is 2.76 bits per heavy atom. The van der Waals surface area contributed by atoms with Crippen LogP contribution < -0.4 is 16.4 Å². The van der Waals surface area contributed by atoms with E-state index in [0.717, 1.165) is 6.42 Å². The van der Waals surface area contributed by atoms with Gasteiger partial charge in [-0.1, -0.05) is 38.1 Å². The van der Waals surface area contributed by atoms with Crippen molar-refractivity contribution in [2.75, 3.05) is 23.0 Å². The lowest BCUT2D eigenvalue weighted by Crippen LogP contribution is -2.25. The first-order chi connectivity index (χ1) is 13.7. The zero-order chi connectivity index (χ0) is 21.3. The van der Waals surface area contributed by atoms with Gasteiger partial charge in [-0.15, -0.1) is 0 Å². The Hall–Kier alpha value is -2.58. The van der Waals surface area contributed by atoms with Gasteiger partial charge in [-0.2, -0.15) is 4.98 Å². The van der Waals surface area contributed by atoms with Crippen LogP contribution in [0.3, 0.4) is 0 Å². The SMILES string of the molecule is C=Cc1cc(-c2c(Cl)nc(N)nc2NC2CC(CO)C(C)C2C)oc1NC(C)=O. The number of nitrogens with one attached hydrogen (secondary N) is 2. The van der Waals surface area contributed by atoms with Crippen molar-refractivity contribution in [3.05, 3.63) is 23.4 Å². The van der Waals surface area contributed by atoms with Gasteiger partial charge < -0.3 is 20.6 Å². The highest BCUT2D eigenvalue weighted by molar-refractivity contribution is 6.32. The Bertz CT molecular complexity index is 929. The molecule has 4 unspecified atom stereocenters. The van der Waals surface area contributed by atoms with Crippen molar-refractivity contribution in [3.63, 3.8) is 0 Å². The minimum Gasteiger partial charge on any atom is -0.439 e. The number of hydrogen-bond acceptors (Lipinski definition) is 7. The number of aliphatic hydroxyl groups excluding tert-OH is 1. The average Bonchev–Trinajstić information content (AvgIpc) is 3.16. The molecule has 0 aliphatic heterocycles. The van der Waals surface area contributed by atoms with Crippen LogP contribution in [-0.4, -0.2) is 33.6 Å². The third kappa shape index (κ3) is 4.23. The second-order valence-electron chi connectivity index (χ2n) is 7.52. The van der Waals surface area contributed by atoms with Crippen LogP contribution in [0.25, 0.3) is 17.4 Å². The van der Waals surface area contributed by atoms with Crippen LogP contribution in [-0.2, 0) is 4.79 Å². The number of carbonyl (C=O) groups is 1. The van der Waals surface area contributed by atoms with E-state index < -0.39 is 0 Å². The number of furan rings is 1. The first kappa shape index (κ1) is 21.1. The fraction of sp³-hybridized carbons (Fsp3) is 0.450. The third-order valence-electron chi connectivity index (χ3n) is 5.72. The van der Waals surface area contributed by atoms with Gasteiger partial charge in [-0.05, 0) is 30.2 Å². The molecule has 5 N–H and O–H groups in total. The molecule has 2 aromatic rings.